The first-order chi connectivity index (χ1) is 9.70. The number of fused-ring (bicyclic) bond motifs is 1. The van der Waals surface area contributed by atoms with Crippen molar-refractivity contribution in [3.63, 3.8) is 0 Å². The van der Waals surface area contributed by atoms with E-state index in [4.69, 9.17) is 14.3 Å². The Morgan fingerprint density at radius 3 is 2.90 bits per heavy atom. The largest absolute Gasteiger partial charge is 0.480 e. The van der Waals surface area contributed by atoms with E-state index in [0.717, 1.165) is 0 Å². The Morgan fingerprint density at radius 2 is 2.15 bits per heavy atom. The molecule has 0 radical (unpaired) electrons. The number of methoxy groups -OCH3 is 1. The second kappa shape index (κ2) is 4.65. The monoisotopic (exact) mass is 270 g/mol. The summed E-state index contributed by atoms with van der Waals surface area (Å²) in [6.45, 7) is 0. The molecule has 0 bridgehead atoms. The van der Waals surface area contributed by atoms with Crippen molar-refractivity contribution in [1.29, 1.82) is 0 Å². The summed E-state index contributed by atoms with van der Waals surface area (Å²) in [5.41, 5.74) is 1.38. The van der Waals surface area contributed by atoms with Crippen LogP contribution in [0, 0.1) is 0 Å². The summed E-state index contributed by atoms with van der Waals surface area (Å²) in [6.07, 6.45) is 1.59. The number of carboxylic acids is 1. The number of aromatic nitrogens is 2. The number of hydrogen-bond donors (Lipinski definition) is 1. The topological polar surface area (TPSA) is 85.5 Å². The van der Waals surface area contributed by atoms with Gasteiger partial charge < -0.3 is 14.3 Å². The Bertz CT molecular complexity index is 795. The number of pyridine rings is 1. The Balaban J connectivity index is 2.23. The molecule has 0 spiro atoms. The lowest BCUT2D eigenvalue weighted by Crippen LogP contribution is -1.96. The molecular formula is C14H10N2O4. The van der Waals surface area contributed by atoms with E-state index in [-0.39, 0.29) is 11.5 Å². The predicted octanol–water partition coefficient (Wildman–Crippen LogP) is 2.60. The maximum Gasteiger partial charge on any atom is 0.338 e. The van der Waals surface area contributed by atoms with Gasteiger partial charge in [-0.1, -0.05) is 6.07 Å². The minimum absolute atomic E-state index is 0.0976. The number of rotatable bonds is 3. The van der Waals surface area contributed by atoms with Gasteiger partial charge in [-0.25, -0.2) is 14.8 Å². The quantitative estimate of drug-likeness (QED) is 0.787. The molecule has 0 aliphatic rings. The molecule has 0 aliphatic carbocycles. The van der Waals surface area contributed by atoms with Gasteiger partial charge in [0.05, 0.1) is 18.2 Å². The van der Waals surface area contributed by atoms with E-state index in [1.165, 1.54) is 13.2 Å². The van der Waals surface area contributed by atoms with Gasteiger partial charge in [-0.3, -0.25) is 0 Å². The Labute approximate surface area is 113 Å². The minimum Gasteiger partial charge on any atom is -0.480 e. The fraction of sp³-hybridized carbons (Fsp3) is 0.0714. The Morgan fingerprint density at radius 1 is 1.30 bits per heavy atom. The molecule has 20 heavy (non-hydrogen) atoms. The van der Waals surface area contributed by atoms with E-state index >= 15 is 0 Å². The third-order valence-electron chi connectivity index (χ3n) is 2.84. The zero-order valence-corrected chi connectivity index (χ0v) is 10.5. The summed E-state index contributed by atoms with van der Waals surface area (Å²) < 4.78 is 10.7. The summed E-state index contributed by atoms with van der Waals surface area (Å²) in [7, 11) is 1.50. The molecule has 0 atom stereocenters. The van der Waals surface area contributed by atoms with Crippen LogP contribution < -0.4 is 4.74 Å². The summed E-state index contributed by atoms with van der Waals surface area (Å²) in [6, 6.07) is 8.24. The number of carboxylic acid groups (broad SMARTS) is 1. The van der Waals surface area contributed by atoms with Crippen LogP contribution in [-0.2, 0) is 0 Å². The van der Waals surface area contributed by atoms with Gasteiger partial charge in [-0.05, 0) is 24.3 Å². The van der Waals surface area contributed by atoms with E-state index in [1.807, 2.05) is 0 Å². The van der Waals surface area contributed by atoms with Gasteiger partial charge in [0.2, 0.25) is 11.8 Å². The number of oxazole rings is 1. The van der Waals surface area contributed by atoms with Crippen molar-refractivity contribution in [2.45, 2.75) is 0 Å². The van der Waals surface area contributed by atoms with Crippen LogP contribution in [0.1, 0.15) is 10.4 Å². The minimum atomic E-state index is -1.05. The molecule has 0 saturated carbocycles. The highest BCUT2D eigenvalue weighted by Gasteiger charge is 2.17. The van der Waals surface area contributed by atoms with Gasteiger partial charge in [-0.15, -0.1) is 0 Å². The molecule has 6 nitrogen and oxygen atoms in total. The number of aromatic carboxylic acids is 1. The number of benzene rings is 1. The highest BCUT2D eigenvalue weighted by Crippen LogP contribution is 2.30. The molecule has 0 fully saturated rings. The molecule has 0 amide bonds. The fourth-order valence-corrected chi connectivity index (χ4v) is 1.95. The molecule has 0 aliphatic heterocycles. The van der Waals surface area contributed by atoms with Gasteiger partial charge in [0.15, 0.2) is 5.58 Å². The van der Waals surface area contributed by atoms with Crippen LogP contribution >= 0.6 is 0 Å². The van der Waals surface area contributed by atoms with E-state index in [2.05, 4.69) is 9.97 Å². The molecule has 1 aromatic carbocycles. The number of nitrogens with zero attached hydrogens (tertiary/aromatic N) is 2. The van der Waals surface area contributed by atoms with Crippen LogP contribution in [0.15, 0.2) is 40.9 Å². The smallest absolute Gasteiger partial charge is 0.338 e. The lowest BCUT2D eigenvalue weighted by molar-refractivity contribution is 0.0699. The second-order valence-electron chi connectivity index (χ2n) is 4.04. The molecule has 1 N–H and O–H groups in total. The fourth-order valence-electron chi connectivity index (χ4n) is 1.95. The zero-order chi connectivity index (χ0) is 14.1. The Hall–Kier alpha value is -2.89. The lowest BCUT2D eigenvalue weighted by atomic mass is 10.2. The average Bonchev–Trinajstić information content (AvgIpc) is 2.90. The van der Waals surface area contributed by atoms with Crippen molar-refractivity contribution in [1.82, 2.24) is 9.97 Å². The van der Waals surface area contributed by atoms with E-state index in [0.29, 0.717) is 22.5 Å². The molecule has 2 heterocycles. The zero-order valence-electron chi connectivity index (χ0n) is 10.5. The molecule has 0 saturated heterocycles. The van der Waals surface area contributed by atoms with Crippen LogP contribution in [-0.4, -0.2) is 28.2 Å². The molecular weight excluding hydrogens is 260 g/mol. The molecule has 2 aromatic heterocycles. The molecule has 0 unspecified atom stereocenters. The summed E-state index contributed by atoms with van der Waals surface area (Å²) in [5, 5.41) is 9.14. The molecule has 6 heteroatoms. The van der Waals surface area contributed by atoms with Gasteiger partial charge in [0, 0.05) is 6.20 Å². The van der Waals surface area contributed by atoms with Crippen LogP contribution in [0.4, 0.5) is 0 Å². The Kier molecular flexibility index (Phi) is 2.83. The maximum absolute atomic E-state index is 11.2. The van der Waals surface area contributed by atoms with Crippen LogP contribution in [0.3, 0.4) is 0 Å². The average molecular weight is 270 g/mol. The number of para-hydroxylation sites is 1. The second-order valence-corrected chi connectivity index (χ2v) is 4.04. The third-order valence-corrected chi connectivity index (χ3v) is 2.84. The van der Waals surface area contributed by atoms with Crippen LogP contribution in [0.25, 0.3) is 22.6 Å². The first kappa shape index (κ1) is 12.2. The van der Waals surface area contributed by atoms with Crippen molar-refractivity contribution in [2.24, 2.45) is 0 Å². The van der Waals surface area contributed by atoms with Crippen molar-refractivity contribution >= 4 is 17.1 Å². The lowest BCUT2D eigenvalue weighted by Gasteiger charge is -2.01. The highest BCUT2D eigenvalue weighted by molar-refractivity contribution is 6.00. The normalized spacial score (nSPS) is 10.7. The van der Waals surface area contributed by atoms with Gasteiger partial charge in [0.25, 0.3) is 0 Å². The number of hydrogen-bond acceptors (Lipinski definition) is 5. The predicted molar refractivity (Wildman–Crippen MR) is 70.8 cm³/mol. The standard InChI is InChI=1S/C14H10N2O4/c1-19-12-9(5-3-7-15-12)13-16-11-8(14(17)18)4-2-6-10(11)20-13/h2-7H,1H3,(H,17,18). The van der Waals surface area contributed by atoms with Crippen molar-refractivity contribution in [2.75, 3.05) is 7.11 Å². The van der Waals surface area contributed by atoms with Gasteiger partial charge >= 0.3 is 5.97 Å². The third kappa shape index (κ3) is 1.87. The SMILES string of the molecule is COc1ncccc1-c1nc2c(C(=O)O)cccc2o1. The molecule has 3 rings (SSSR count). The number of carbonyl (C=O) groups is 1. The first-order valence-electron chi connectivity index (χ1n) is 5.83. The van der Waals surface area contributed by atoms with Crippen LogP contribution in [0.2, 0.25) is 0 Å². The summed E-state index contributed by atoms with van der Waals surface area (Å²) in [4.78, 5) is 19.5. The highest BCUT2D eigenvalue weighted by atomic mass is 16.5. The molecule has 100 valence electrons. The summed E-state index contributed by atoms with van der Waals surface area (Å²) >= 11 is 0. The van der Waals surface area contributed by atoms with E-state index in [1.54, 1.807) is 30.5 Å². The van der Waals surface area contributed by atoms with Gasteiger partial charge in [-0.2, -0.15) is 0 Å². The first-order valence-corrected chi connectivity index (χ1v) is 5.83. The van der Waals surface area contributed by atoms with Crippen LogP contribution in [0.5, 0.6) is 5.88 Å². The van der Waals surface area contributed by atoms with Crippen molar-refractivity contribution in [3.8, 4) is 17.3 Å². The maximum atomic E-state index is 11.2. The van der Waals surface area contributed by atoms with Gasteiger partial charge in [0.1, 0.15) is 5.52 Å². The molecule has 3 aromatic rings. The number of ether oxygens (including phenoxy) is 1. The summed E-state index contributed by atoms with van der Waals surface area (Å²) in [5.74, 6) is -0.400. The van der Waals surface area contributed by atoms with Crippen molar-refractivity contribution in [3.05, 3.63) is 42.1 Å². The van der Waals surface area contributed by atoms with E-state index < -0.39 is 5.97 Å². The van der Waals surface area contributed by atoms with Crippen molar-refractivity contribution < 1.29 is 19.1 Å². The van der Waals surface area contributed by atoms with E-state index in [9.17, 15) is 4.79 Å².